The number of nitro groups is 1. The lowest BCUT2D eigenvalue weighted by Crippen LogP contribution is -2.25. The summed E-state index contributed by atoms with van der Waals surface area (Å²) in [6, 6.07) is 10.5. The van der Waals surface area contributed by atoms with Crippen LogP contribution in [0.5, 0.6) is 0 Å². The molecule has 0 unspecified atom stereocenters. The van der Waals surface area contributed by atoms with Crippen molar-refractivity contribution in [1.82, 2.24) is 9.55 Å². The zero-order chi connectivity index (χ0) is 23.5. The minimum absolute atomic E-state index is 0.0348. The zero-order valence-electron chi connectivity index (χ0n) is 15.9. The van der Waals surface area contributed by atoms with Crippen molar-refractivity contribution in [2.75, 3.05) is 11.9 Å². The molecule has 0 saturated heterocycles. The number of halogens is 3. The average Bonchev–Trinajstić information content (AvgIpc) is 3.11. The highest BCUT2D eigenvalue weighted by atomic mass is 19.4. The van der Waals surface area contributed by atoms with Gasteiger partial charge >= 0.3 is 12.1 Å². The molecule has 10 nitrogen and oxygen atoms in total. The van der Waals surface area contributed by atoms with E-state index in [0.29, 0.717) is 4.57 Å². The molecule has 0 atom stereocenters. The van der Waals surface area contributed by atoms with Gasteiger partial charge in [0.1, 0.15) is 12.6 Å². The maximum atomic E-state index is 13.3. The first-order valence-electron chi connectivity index (χ1n) is 8.76. The third-order valence-corrected chi connectivity index (χ3v) is 4.17. The SMILES string of the molecule is N#Cc1cc([N+](=O)[O-])ccc1NC(=O)COC(=O)Cn1c(C(F)(F)F)nc2ccccc21. The number of anilines is 1. The van der Waals surface area contributed by atoms with Gasteiger partial charge in [-0.3, -0.25) is 19.7 Å². The van der Waals surface area contributed by atoms with Crippen LogP contribution in [0.4, 0.5) is 24.5 Å². The molecule has 1 heterocycles. The predicted molar refractivity (Wildman–Crippen MR) is 102 cm³/mol. The van der Waals surface area contributed by atoms with E-state index in [-0.39, 0.29) is 28.0 Å². The quantitative estimate of drug-likeness (QED) is 0.348. The molecule has 13 heteroatoms. The Balaban J connectivity index is 1.68. The topological polar surface area (TPSA) is 140 Å². The second-order valence-electron chi connectivity index (χ2n) is 6.32. The summed E-state index contributed by atoms with van der Waals surface area (Å²) < 4.78 is 45.2. The highest BCUT2D eigenvalue weighted by Crippen LogP contribution is 2.31. The van der Waals surface area contributed by atoms with Gasteiger partial charge in [0.25, 0.3) is 11.6 Å². The van der Waals surface area contributed by atoms with Crippen LogP contribution in [0.15, 0.2) is 42.5 Å². The van der Waals surface area contributed by atoms with Crippen molar-refractivity contribution in [1.29, 1.82) is 5.26 Å². The fourth-order valence-electron chi connectivity index (χ4n) is 2.81. The Labute approximate surface area is 177 Å². The molecule has 0 aliphatic heterocycles. The van der Waals surface area contributed by atoms with Crippen LogP contribution in [0.2, 0.25) is 0 Å². The summed E-state index contributed by atoms with van der Waals surface area (Å²) in [5, 5.41) is 22.1. The van der Waals surface area contributed by atoms with Crippen LogP contribution in [0.25, 0.3) is 11.0 Å². The standard InChI is InChI=1S/C19H12F3N5O5/c20-19(21,22)18-25-14-3-1-2-4-15(14)26(18)9-17(29)32-10-16(28)24-13-6-5-12(27(30)31)7-11(13)8-23/h1-7H,9-10H2,(H,24,28). The van der Waals surface area contributed by atoms with Crippen LogP contribution in [-0.4, -0.2) is 33.0 Å². The minimum atomic E-state index is -4.82. The van der Waals surface area contributed by atoms with Crippen molar-refractivity contribution in [3.05, 3.63) is 64.0 Å². The number of fused-ring (bicyclic) bond motifs is 1. The highest BCUT2D eigenvalue weighted by molar-refractivity contribution is 5.94. The lowest BCUT2D eigenvalue weighted by Gasteiger charge is -2.11. The summed E-state index contributed by atoms with van der Waals surface area (Å²) in [5.41, 5.74) is -0.518. The molecule has 0 radical (unpaired) electrons. The van der Waals surface area contributed by atoms with Gasteiger partial charge in [0.05, 0.1) is 27.2 Å². The summed E-state index contributed by atoms with van der Waals surface area (Å²) in [6.07, 6.45) is -4.82. The number of carbonyl (C=O) groups excluding carboxylic acids is 2. The highest BCUT2D eigenvalue weighted by Gasteiger charge is 2.38. The number of non-ortho nitro benzene ring substituents is 1. The number of aromatic nitrogens is 2. The Kier molecular flexibility index (Phi) is 6.06. The molecule has 0 aliphatic carbocycles. The molecule has 0 spiro atoms. The van der Waals surface area contributed by atoms with Gasteiger partial charge in [-0.15, -0.1) is 0 Å². The minimum Gasteiger partial charge on any atom is -0.454 e. The Bertz CT molecular complexity index is 1260. The second kappa shape index (κ2) is 8.72. The monoisotopic (exact) mass is 447 g/mol. The molecule has 0 aliphatic rings. The number of ether oxygens (including phenoxy) is 1. The fourth-order valence-corrected chi connectivity index (χ4v) is 2.81. The fraction of sp³-hybridized carbons (Fsp3) is 0.158. The predicted octanol–water partition coefficient (Wildman–Crippen LogP) is 3.02. The molecule has 3 aromatic rings. The molecule has 3 rings (SSSR count). The number of benzene rings is 2. The van der Waals surface area contributed by atoms with E-state index in [0.717, 1.165) is 18.2 Å². The lowest BCUT2D eigenvalue weighted by atomic mass is 10.1. The van der Waals surface area contributed by atoms with Gasteiger partial charge in [-0.1, -0.05) is 12.1 Å². The summed E-state index contributed by atoms with van der Waals surface area (Å²) in [6.45, 7) is -1.70. The largest absolute Gasteiger partial charge is 0.454 e. The number of alkyl halides is 3. The third-order valence-electron chi connectivity index (χ3n) is 4.17. The van der Waals surface area contributed by atoms with Crippen molar-refractivity contribution in [2.24, 2.45) is 0 Å². The Morgan fingerprint density at radius 3 is 2.62 bits per heavy atom. The van der Waals surface area contributed by atoms with Gasteiger partial charge in [-0.05, 0) is 18.2 Å². The molecule has 1 amide bonds. The van der Waals surface area contributed by atoms with Crippen molar-refractivity contribution >= 4 is 34.3 Å². The normalized spacial score (nSPS) is 11.1. The number of nitrogens with zero attached hydrogens (tertiary/aromatic N) is 4. The van der Waals surface area contributed by atoms with Crippen LogP contribution in [-0.2, 0) is 27.0 Å². The van der Waals surface area contributed by atoms with Crippen molar-refractivity contribution < 1.29 is 32.4 Å². The molecule has 2 aromatic carbocycles. The first kappa shape index (κ1) is 22.2. The number of nitrogens with one attached hydrogen (secondary N) is 1. The van der Waals surface area contributed by atoms with E-state index in [4.69, 9.17) is 10.00 Å². The summed E-state index contributed by atoms with van der Waals surface area (Å²) >= 11 is 0. The van der Waals surface area contributed by atoms with E-state index < -0.39 is 42.0 Å². The first-order chi connectivity index (χ1) is 15.1. The number of nitriles is 1. The molecule has 32 heavy (non-hydrogen) atoms. The number of hydrogen-bond acceptors (Lipinski definition) is 7. The summed E-state index contributed by atoms with van der Waals surface area (Å²) in [5.74, 6) is -3.31. The van der Waals surface area contributed by atoms with E-state index >= 15 is 0 Å². The number of esters is 1. The van der Waals surface area contributed by atoms with Crippen LogP contribution >= 0.6 is 0 Å². The Hall–Kier alpha value is -4.47. The summed E-state index contributed by atoms with van der Waals surface area (Å²) in [7, 11) is 0. The average molecular weight is 447 g/mol. The van der Waals surface area contributed by atoms with Gasteiger partial charge in [0.15, 0.2) is 6.61 Å². The maximum Gasteiger partial charge on any atom is 0.449 e. The van der Waals surface area contributed by atoms with Crippen LogP contribution in [0, 0.1) is 21.4 Å². The van der Waals surface area contributed by atoms with Gasteiger partial charge in [-0.2, -0.15) is 18.4 Å². The molecular formula is C19H12F3N5O5. The second-order valence-corrected chi connectivity index (χ2v) is 6.32. The Morgan fingerprint density at radius 1 is 1.25 bits per heavy atom. The molecule has 0 saturated carbocycles. The van der Waals surface area contributed by atoms with Crippen LogP contribution in [0.1, 0.15) is 11.4 Å². The number of rotatable bonds is 6. The number of nitro benzene ring substituents is 1. The molecular weight excluding hydrogens is 435 g/mol. The number of para-hydroxylation sites is 2. The van der Waals surface area contributed by atoms with Gasteiger partial charge in [-0.25, -0.2) is 4.98 Å². The number of hydrogen-bond donors (Lipinski definition) is 1. The molecule has 164 valence electrons. The number of imidazole rings is 1. The van der Waals surface area contributed by atoms with E-state index in [1.807, 2.05) is 0 Å². The van der Waals surface area contributed by atoms with E-state index in [1.165, 1.54) is 24.3 Å². The van der Waals surface area contributed by atoms with Crippen LogP contribution < -0.4 is 5.32 Å². The van der Waals surface area contributed by atoms with Crippen molar-refractivity contribution in [3.8, 4) is 6.07 Å². The molecule has 1 N–H and O–H groups in total. The third kappa shape index (κ3) is 4.81. The van der Waals surface area contributed by atoms with Gasteiger partial charge in [0.2, 0.25) is 5.82 Å². The van der Waals surface area contributed by atoms with Crippen molar-refractivity contribution in [2.45, 2.75) is 12.7 Å². The first-order valence-corrected chi connectivity index (χ1v) is 8.76. The molecule has 0 bridgehead atoms. The van der Waals surface area contributed by atoms with Crippen LogP contribution in [0.3, 0.4) is 0 Å². The number of carbonyl (C=O) groups is 2. The molecule has 1 aromatic heterocycles. The molecule has 0 fully saturated rings. The smallest absolute Gasteiger partial charge is 0.449 e. The summed E-state index contributed by atoms with van der Waals surface area (Å²) in [4.78, 5) is 37.6. The zero-order valence-corrected chi connectivity index (χ0v) is 15.9. The van der Waals surface area contributed by atoms with Crippen molar-refractivity contribution in [3.63, 3.8) is 0 Å². The van der Waals surface area contributed by atoms with Gasteiger partial charge in [0, 0.05) is 12.1 Å². The van der Waals surface area contributed by atoms with Gasteiger partial charge < -0.3 is 14.6 Å². The lowest BCUT2D eigenvalue weighted by molar-refractivity contribution is -0.384. The van der Waals surface area contributed by atoms with E-state index in [9.17, 15) is 32.9 Å². The maximum absolute atomic E-state index is 13.3. The number of amides is 1. The Morgan fingerprint density at radius 2 is 1.97 bits per heavy atom. The van der Waals surface area contributed by atoms with E-state index in [2.05, 4.69) is 10.3 Å². The van der Waals surface area contributed by atoms with E-state index in [1.54, 1.807) is 6.07 Å².